The highest BCUT2D eigenvalue weighted by Crippen LogP contribution is 2.37. The summed E-state index contributed by atoms with van der Waals surface area (Å²) in [6, 6.07) is -0.681. The number of ether oxygens (including phenoxy) is 1. The normalized spacial score (nSPS) is 22.3. The number of amides is 5. The van der Waals surface area contributed by atoms with Crippen LogP contribution in [0.3, 0.4) is 0 Å². The molecule has 1 saturated heterocycles. The first-order chi connectivity index (χ1) is 12.6. The Labute approximate surface area is 158 Å². The van der Waals surface area contributed by atoms with Gasteiger partial charge in [0.2, 0.25) is 11.8 Å². The molecule has 2 atom stereocenters. The van der Waals surface area contributed by atoms with Crippen molar-refractivity contribution in [2.24, 2.45) is 11.8 Å². The molecule has 27 heavy (non-hydrogen) atoms. The number of urea groups is 1. The molecule has 2 rings (SSSR count). The van der Waals surface area contributed by atoms with Gasteiger partial charge in [-0.15, -0.1) is 0 Å². The number of nitrogens with one attached hydrogen (secondary N) is 2. The first kappa shape index (κ1) is 20.9. The predicted octanol–water partition coefficient (Wildman–Crippen LogP) is 0.719. The van der Waals surface area contributed by atoms with Crippen LogP contribution in [0.5, 0.6) is 0 Å². The van der Waals surface area contributed by atoms with Crippen molar-refractivity contribution in [1.82, 2.24) is 15.5 Å². The Morgan fingerprint density at radius 2 is 1.63 bits per heavy atom. The van der Waals surface area contributed by atoms with Crippen molar-refractivity contribution in [3.05, 3.63) is 0 Å². The summed E-state index contributed by atoms with van der Waals surface area (Å²) >= 11 is 0. The third-order valence-electron chi connectivity index (χ3n) is 4.58. The molecule has 0 bridgehead atoms. The minimum atomic E-state index is -0.760. The maximum Gasteiger partial charge on any atom is 0.321 e. The third-order valence-corrected chi connectivity index (χ3v) is 4.58. The van der Waals surface area contributed by atoms with Gasteiger partial charge >= 0.3 is 12.0 Å². The largest absolute Gasteiger partial charge is 0.456 e. The van der Waals surface area contributed by atoms with E-state index in [1.807, 2.05) is 0 Å². The van der Waals surface area contributed by atoms with Crippen LogP contribution in [0, 0.1) is 11.8 Å². The van der Waals surface area contributed by atoms with Gasteiger partial charge in [-0.1, -0.05) is 12.8 Å². The van der Waals surface area contributed by atoms with E-state index in [1.165, 1.54) is 0 Å². The fraction of sp³-hybridized carbons (Fsp3) is 0.722. The molecule has 9 nitrogen and oxygen atoms in total. The molecule has 0 radical (unpaired) electrons. The lowest BCUT2D eigenvalue weighted by Gasteiger charge is -2.20. The minimum Gasteiger partial charge on any atom is -0.456 e. The Kier molecular flexibility index (Phi) is 6.56. The SMILES string of the molecule is CC(C)(C)NC(=O)NC(=O)COC(=O)CCN1C(=O)[C@H]2CCCC[C@H]2C1=O. The number of carbonyl (C=O) groups excluding carboxylic acids is 5. The van der Waals surface area contributed by atoms with Crippen molar-refractivity contribution in [2.75, 3.05) is 13.2 Å². The molecule has 1 saturated carbocycles. The van der Waals surface area contributed by atoms with E-state index in [1.54, 1.807) is 20.8 Å². The lowest BCUT2D eigenvalue weighted by atomic mass is 9.81. The average molecular weight is 381 g/mol. The molecule has 1 aliphatic carbocycles. The van der Waals surface area contributed by atoms with E-state index in [0.717, 1.165) is 17.7 Å². The van der Waals surface area contributed by atoms with Crippen LogP contribution in [0.1, 0.15) is 52.9 Å². The number of nitrogens with zero attached hydrogens (tertiary/aromatic N) is 1. The molecule has 2 aliphatic rings. The van der Waals surface area contributed by atoms with Gasteiger partial charge in [0.25, 0.3) is 5.91 Å². The van der Waals surface area contributed by atoms with Crippen molar-refractivity contribution >= 4 is 29.7 Å². The Hall–Kier alpha value is -2.45. The fourth-order valence-corrected chi connectivity index (χ4v) is 3.41. The van der Waals surface area contributed by atoms with Gasteiger partial charge in [0, 0.05) is 12.1 Å². The summed E-state index contributed by atoms with van der Waals surface area (Å²) in [5.41, 5.74) is -0.507. The number of imide groups is 2. The summed E-state index contributed by atoms with van der Waals surface area (Å²) in [7, 11) is 0. The molecule has 0 aromatic carbocycles. The van der Waals surface area contributed by atoms with Crippen molar-refractivity contribution < 1.29 is 28.7 Å². The van der Waals surface area contributed by atoms with Crippen molar-refractivity contribution in [1.29, 1.82) is 0 Å². The Balaban J connectivity index is 1.72. The van der Waals surface area contributed by atoms with E-state index in [4.69, 9.17) is 4.74 Å². The monoisotopic (exact) mass is 381 g/mol. The van der Waals surface area contributed by atoms with Crippen LogP contribution >= 0.6 is 0 Å². The number of hydrogen-bond donors (Lipinski definition) is 2. The molecule has 9 heteroatoms. The number of esters is 1. The molecule has 0 spiro atoms. The highest BCUT2D eigenvalue weighted by molar-refractivity contribution is 6.05. The van der Waals surface area contributed by atoms with E-state index < -0.39 is 30.1 Å². The molecule has 0 aromatic rings. The van der Waals surface area contributed by atoms with E-state index in [2.05, 4.69) is 10.6 Å². The summed E-state index contributed by atoms with van der Waals surface area (Å²) in [5, 5.41) is 4.59. The van der Waals surface area contributed by atoms with Crippen molar-refractivity contribution in [3.8, 4) is 0 Å². The van der Waals surface area contributed by atoms with Gasteiger partial charge in [0.15, 0.2) is 6.61 Å². The highest BCUT2D eigenvalue weighted by atomic mass is 16.5. The first-order valence-corrected chi connectivity index (χ1v) is 9.21. The molecule has 0 aromatic heterocycles. The first-order valence-electron chi connectivity index (χ1n) is 9.21. The maximum absolute atomic E-state index is 12.3. The zero-order valence-electron chi connectivity index (χ0n) is 16.0. The second kappa shape index (κ2) is 8.49. The molecule has 5 amide bonds. The average Bonchev–Trinajstić information content (AvgIpc) is 2.81. The Morgan fingerprint density at radius 1 is 1.07 bits per heavy atom. The number of hydrogen-bond acceptors (Lipinski definition) is 6. The van der Waals surface area contributed by atoms with Gasteiger partial charge in [-0.25, -0.2) is 4.79 Å². The minimum absolute atomic E-state index is 0.0460. The van der Waals surface area contributed by atoms with E-state index >= 15 is 0 Å². The molecule has 2 N–H and O–H groups in total. The van der Waals surface area contributed by atoms with Crippen LogP contribution in [-0.2, 0) is 23.9 Å². The molecular weight excluding hydrogens is 354 g/mol. The molecule has 0 unspecified atom stereocenters. The zero-order chi connectivity index (χ0) is 20.2. The van der Waals surface area contributed by atoms with Crippen LogP contribution in [-0.4, -0.2) is 53.3 Å². The second-order valence-corrected chi connectivity index (χ2v) is 7.99. The standard InChI is InChI=1S/C18H27N3O6/c1-18(2,3)20-17(26)19-13(22)10-27-14(23)8-9-21-15(24)11-6-4-5-7-12(11)16(21)25/h11-12H,4-10H2,1-3H3,(H2,19,20,22,26)/t11-,12+. The van der Waals surface area contributed by atoms with Crippen LogP contribution in [0.4, 0.5) is 4.79 Å². The molecule has 1 heterocycles. The van der Waals surface area contributed by atoms with E-state index in [-0.39, 0.29) is 36.6 Å². The van der Waals surface area contributed by atoms with E-state index in [9.17, 15) is 24.0 Å². The summed E-state index contributed by atoms with van der Waals surface area (Å²) < 4.78 is 4.80. The number of rotatable bonds is 5. The molecule has 1 aliphatic heterocycles. The van der Waals surface area contributed by atoms with Crippen LogP contribution in [0.15, 0.2) is 0 Å². The van der Waals surface area contributed by atoms with Crippen LogP contribution in [0.2, 0.25) is 0 Å². The number of fused-ring (bicyclic) bond motifs is 1. The highest BCUT2D eigenvalue weighted by Gasteiger charge is 2.47. The summed E-state index contributed by atoms with van der Waals surface area (Å²) in [4.78, 5) is 60.7. The number of likely N-dealkylation sites (tertiary alicyclic amines) is 1. The fourth-order valence-electron chi connectivity index (χ4n) is 3.41. The Morgan fingerprint density at radius 3 is 2.15 bits per heavy atom. The molecular formula is C18H27N3O6. The number of carbonyl (C=O) groups is 5. The van der Waals surface area contributed by atoms with Gasteiger partial charge in [-0.05, 0) is 33.6 Å². The zero-order valence-corrected chi connectivity index (χ0v) is 16.0. The van der Waals surface area contributed by atoms with Crippen LogP contribution < -0.4 is 10.6 Å². The summed E-state index contributed by atoms with van der Waals surface area (Å²) in [6.45, 7) is 4.62. The topological polar surface area (TPSA) is 122 Å². The summed E-state index contributed by atoms with van der Waals surface area (Å²) in [6.07, 6.45) is 3.13. The quantitative estimate of drug-likeness (QED) is 0.534. The van der Waals surface area contributed by atoms with Gasteiger partial charge in [-0.3, -0.25) is 29.4 Å². The molecule has 2 fully saturated rings. The summed E-state index contributed by atoms with van der Waals surface area (Å²) in [5.74, 6) is -2.41. The van der Waals surface area contributed by atoms with Crippen molar-refractivity contribution in [3.63, 3.8) is 0 Å². The lowest BCUT2D eigenvalue weighted by Crippen LogP contribution is -2.49. The third kappa shape index (κ3) is 5.77. The Bertz CT molecular complexity index is 615. The smallest absolute Gasteiger partial charge is 0.321 e. The van der Waals surface area contributed by atoms with Gasteiger partial charge in [0.05, 0.1) is 18.3 Å². The van der Waals surface area contributed by atoms with Gasteiger partial charge in [0.1, 0.15) is 0 Å². The van der Waals surface area contributed by atoms with Gasteiger partial charge in [-0.2, -0.15) is 0 Å². The second-order valence-electron chi connectivity index (χ2n) is 7.99. The van der Waals surface area contributed by atoms with Crippen LogP contribution in [0.25, 0.3) is 0 Å². The van der Waals surface area contributed by atoms with Gasteiger partial charge < -0.3 is 10.1 Å². The maximum atomic E-state index is 12.3. The van der Waals surface area contributed by atoms with Crippen molar-refractivity contribution in [2.45, 2.75) is 58.4 Å². The molecule has 150 valence electrons. The lowest BCUT2D eigenvalue weighted by molar-refractivity contribution is -0.149. The predicted molar refractivity (Wildman–Crippen MR) is 94.2 cm³/mol. The van der Waals surface area contributed by atoms with E-state index in [0.29, 0.717) is 12.8 Å².